The molecule has 2 aromatic carbocycles. The molecule has 0 saturated heterocycles. The molecule has 2 atom stereocenters. The van der Waals surface area contributed by atoms with E-state index >= 15 is 0 Å². The van der Waals surface area contributed by atoms with Crippen molar-refractivity contribution in [3.8, 4) is 0 Å². The van der Waals surface area contributed by atoms with E-state index in [1.807, 2.05) is 30.3 Å². The van der Waals surface area contributed by atoms with Crippen molar-refractivity contribution in [2.75, 3.05) is 5.32 Å². The molecule has 0 bridgehead atoms. The summed E-state index contributed by atoms with van der Waals surface area (Å²) in [5, 5.41) is 29.4. The predicted octanol–water partition coefficient (Wildman–Crippen LogP) is 2.37. The number of hydrogen-bond donors (Lipinski definition) is 2. The summed E-state index contributed by atoms with van der Waals surface area (Å²) in [4.78, 5) is 3.80. The highest BCUT2D eigenvalue weighted by Gasteiger charge is 2.28. The average Bonchev–Trinajstić information content (AvgIpc) is 3.11. The molecule has 1 heterocycles. The van der Waals surface area contributed by atoms with Gasteiger partial charge in [-0.2, -0.15) is 0 Å². The summed E-state index contributed by atoms with van der Waals surface area (Å²) >= 11 is 5.80. The Morgan fingerprint density at radius 1 is 1.23 bits per heavy atom. The van der Waals surface area contributed by atoms with Crippen molar-refractivity contribution in [3.63, 3.8) is 0 Å². The van der Waals surface area contributed by atoms with Gasteiger partial charge in [0, 0.05) is 17.6 Å². The molecule has 3 rings (SSSR count). The zero-order valence-corrected chi connectivity index (χ0v) is 14.7. The second kappa shape index (κ2) is 7.99. The first kappa shape index (κ1) is 17.9. The SMILES string of the molecule is CC(C(O)c1ccccc1)[n+]1cc(N=C([O-])Nc2ccc(Cl)cc2)on1. The van der Waals surface area contributed by atoms with Gasteiger partial charge in [0.1, 0.15) is 6.10 Å². The van der Waals surface area contributed by atoms with Crippen LogP contribution in [0.1, 0.15) is 24.6 Å². The molecule has 0 spiro atoms. The highest BCUT2D eigenvalue weighted by Crippen LogP contribution is 2.22. The summed E-state index contributed by atoms with van der Waals surface area (Å²) < 4.78 is 6.48. The normalized spacial score (nSPS) is 14.0. The quantitative estimate of drug-likeness (QED) is 0.407. The Kier molecular flexibility index (Phi) is 5.50. The summed E-state index contributed by atoms with van der Waals surface area (Å²) in [6, 6.07) is 14.9. The van der Waals surface area contributed by atoms with Crippen molar-refractivity contribution in [1.82, 2.24) is 5.27 Å². The van der Waals surface area contributed by atoms with Crippen molar-refractivity contribution in [3.05, 3.63) is 71.4 Å². The predicted molar refractivity (Wildman–Crippen MR) is 95.0 cm³/mol. The fourth-order valence-corrected chi connectivity index (χ4v) is 2.47. The molecule has 2 unspecified atom stereocenters. The van der Waals surface area contributed by atoms with Crippen LogP contribution < -0.4 is 15.1 Å². The maximum Gasteiger partial charge on any atom is 0.322 e. The van der Waals surface area contributed by atoms with Crippen LogP contribution in [0.4, 0.5) is 11.6 Å². The van der Waals surface area contributed by atoms with E-state index in [1.54, 1.807) is 31.2 Å². The highest BCUT2D eigenvalue weighted by atomic mass is 35.5. The minimum atomic E-state index is -0.776. The van der Waals surface area contributed by atoms with Gasteiger partial charge in [-0.25, -0.2) is 4.99 Å². The van der Waals surface area contributed by atoms with E-state index < -0.39 is 18.2 Å². The van der Waals surface area contributed by atoms with Crippen molar-refractivity contribution < 1.29 is 19.4 Å². The minimum Gasteiger partial charge on any atom is -0.846 e. The minimum absolute atomic E-state index is 0.0311. The van der Waals surface area contributed by atoms with Crippen molar-refractivity contribution in [2.24, 2.45) is 4.99 Å². The molecule has 2 N–H and O–H groups in total. The van der Waals surface area contributed by atoms with Gasteiger partial charge in [0.2, 0.25) is 11.3 Å². The van der Waals surface area contributed by atoms with E-state index in [-0.39, 0.29) is 5.88 Å². The Morgan fingerprint density at radius 3 is 2.62 bits per heavy atom. The highest BCUT2D eigenvalue weighted by molar-refractivity contribution is 6.30. The Balaban J connectivity index is 1.69. The lowest BCUT2D eigenvalue weighted by Crippen LogP contribution is -2.42. The van der Waals surface area contributed by atoms with Crippen LogP contribution in [0.25, 0.3) is 0 Å². The van der Waals surface area contributed by atoms with Crippen LogP contribution in [-0.2, 0) is 0 Å². The van der Waals surface area contributed by atoms with Crippen LogP contribution >= 0.6 is 11.6 Å². The molecule has 134 valence electrons. The maximum atomic E-state index is 11.9. The van der Waals surface area contributed by atoms with Gasteiger partial charge in [0.15, 0.2) is 0 Å². The lowest BCUT2D eigenvalue weighted by molar-refractivity contribution is -0.789. The lowest BCUT2D eigenvalue weighted by atomic mass is 10.0. The van der Waals surface area contributed by atoms with E-state index in [0.29, 0.717) is 10.7 Å². The molecule has 0 aliphatic carbocycles. The van der Waals surface area contributed by atoms with Crippen LogP contribution in [-0.4, -0.2) is 16.4 Å². The molecule has 0 fully saturated rings. The van der Waals surface area contributed by atoms with Crippen LogP contribution in [0.3, 0.4) is 0 Å². The number of hydrogen-bond acceptors (Lipinski definition) is 5. The summed E-state index contributed by atoms with van der Waals surface area (Å²) in [7, 11) is 0. The third kappa shape index (κ3) is 4.38. The number of halogens is 1. The number of anilines is 1. The van der Waals surface area contributed by atoms with Crippen molar-refractivity contribution in [1.29, 1.82) is 0 Å². The van der Waals surface area contributed by atoms with Gasteiger partial charge in [-0.15, -0.1) is 0 Å². The molecule has 0 radical (unpaired) electrons. The third-order valence-electron chi connectivity index (χ3n) is 3.79. The molecule has 26 heavy (non-hydrogen) atoms. The van der Waals surface area contributed by atoms with Gasteiger partial charge >= 0.3 is 5.88 Å². The largest absolute Gasteiger partial charge is 0.846 e. The second-order valence-corrected chi connectivity index (χ2v) is 6.10. The summed E-state index contributed by atoms with van der Waals surface area (Å²) in [6.07, 6.45) is 0.681. The van der Waals surface area contributed by atoms with E-state index in [1.165, 1.54) is 10.9 Å². The first-order valence-electron chi connectivity index (χ1n) is 7.92. The fourth-order valence-electron chi connectivity index (χ4n) is 2.35. The smallest absolute Gasteiger partial charge is 0.322 e. The van der Waals surface area contributed by atoms with Crippen molar-refractivity contribution >= 4 is 29.2 Å². The molecule has 0 aliphatic rings. The van der Waals surface area contributed by atoms with Crippen LogP contribution in [0.15, 0.2) is 70.3 Å². The Labute approximate surface area is 155 Å². The van der Waals surface area contributed by atoms with E-state index in [0.717, 1.165) is 5.56 Å². The topological polar surface area (TPSA) is 97.6 Å². The van der Waals surface area contributed by atoms with Crippen molar-refractivity contribution in [2.45, 2.75) is 19.1 Å². The number of nitrogens with one attached hydrogen (secondary N) is 1. The number of amidine groups is 1. The number of benzene rings is 2. The number of aliphatic hydroxyl groups is 1. The van der Waals surface area contributed by atoms with Gasteiger partial charge in [0.05, 0.1) is 6.02 Å². The van der Waals surface area contributed by atoms with Gasteiger partial charge in [0.25, 0.3) is 6.20 Å². The number of nitrogens with zero attached hydrogens (tertiary/aromatic N) is 3. The first-order chi connectivity index (χ1) is 12.5. The Bertz CT molecular complexity index is 881. The standard InChI is InChI=1S/C18H17ClN4O3/c1-12(17(24)13-5-3-2-4-6-13)23-11-16(26-22-23)21-18(25)20-15-9-7-14(19)8-10-15/h2-12,17,24H,1H3,(H-,20,21,22,25). The molecule has 3 aromatic rings. The van der Waals surface area contributed by atoms with E-state index in [2.05, 4.69) is 15.6 Å². The second-order valence-electron chi connectivity index (χ2n) is 5.67. The lowest BCUT2D eigenvalue weighted by Gasteiger charge is -2.12. The van der Waals surface area contributed by atoms with Crippen LogP contribution in [0.5, 0.6) is 0 Å². The summed E-state index contributed by atoms with van der Waals surface area (Å²) in [5.41, 5.74) is 1.32. The number of aliphatic hydroxyl groups excluding tert-OH is 1. The zero-order chi connectivity index (χ0) is 18.5. The molecule has 0 saturated carbocycles. The van der Waals surface area contributed by atoms with Gasteiger partial charge in [-0.05, 0) is 34.5 Å². The molecular weight excluding hydrogens is 356 g/mol. The van der Waals surface area contributed by atoms with Crippen LogP contribution in [0, 0.1) is 0 Å². The average molecular weight is 373 g/mol. The van der Waals surface area contributed by atoms with E-state index in [9.17, 15) is 10.2 Å². The number of aliphatic imine (C=N–C) groups is 1. The maximum absolute atomic E-state index is 11.9. The molecule has 1 aromatic heterocycles. The molecule has 0 amide bonds. The summed E-state index contributed by atoms with van der Waals surface area (Å²) in [5.74, 6) is 0.0311. The van der Waals surface area contributed by atoms with Gasteiger partial charge in [-0.1, -0.05) is 41.9 Å². The number of aromatic nitrogens is 2. The molecule has 8 heteroatoms. The molecule has 0 aliphatic heterocycles. The third-order valence-corrected chi connectivity index (χ3v) is 4.05. The Hall–Kier alpha value is -2.90. The monoisotopic (exact) mass is 372 g/mol. The van der Waals surface area contributed by atoms with Gasteiger partial charge < -0.3 is 15.5 Å². The molecule has 7 nitrogen and oxygen atoms in total. The van der Waals surface area contributed by atoms with E-state index in [4.69, 9.17) is 16.1 Å². The van der Waals surface area contributed by atoms with Crippen LogP contribution in [0.2, 0.25) is 5.02 Å². The first-order valence-corrected chi connectivity index (χ1v) is 8.30. The molecular formula is C18H17ClN4O3. The zero-order valence-electron chi connectivity index (χ0n) is 13.9. The Morgan fingerprint density at radius 2 is 1.92 bits per heavy atom. The number of rotatable bonds is 5. The summed E-state index contributed by atoms with van der Waals surface area (Å²) in [6.45, 7) is 1.79. The fraction of sp³-hybridized carbons (Fsp3) is 0.167. The van der Waals surface area contributed by atoms with Gasteiger partial charge in [-0.3, -0.25) is 4.52 Å².